The van der Waals surface area contributed by atoms with E-state index in [-0.39, 0.29) is 0 Å². The second-order valence-electron chi connectivity index (χ2n) is 3.59. The van der Waals surface area contributed by atoms with Crippen molar-refractivity contribution in [2.45, 2.75) is 0 Å². The third kappa shape index (κ3) is 1.52. The van der Waals surface area contributed by atoms with E-state index in [1.165, 1.54) is 0 Å². The SMILES string of the molecule is [C]1C2=C(C=CCN2)COc2ccccc21. The molecule has 2 nitrogen and oxygen atoms in total. The predicted molar refractivity (Wildman–Crippen MR) is 58.5 cm³/mol. The molecule has 0 saturated heterocycles. The van der Waals surface area contributed by atoms with E-state index in [9.17, 15) is 0 Å². The van der Waals surface area contributed by atoms with E-state index in [4.69, 9.17) is 4.74 Å². The van der Waals surface area contributed by atoms with Gasteiger partial charge in [-0.3, -0.25) is 0 Å². The van der Waals surface area contributed by atoms with Crippen molar-refractivity contribution in [1.82, 2.24) is 5.32 Å². The summed E-state index contributed by atoms with van der Waals surface area (Å²) in [5.41, 5.74) is 3.24. The molecule has 0 fully saturated rings. The Bertz CT molecular complexity index is 446. The van der Waals surface area contributed by atoms with E-state index >= 15 is 0 Å². The number of nitrogens with one attached hydrogen (secondary N) is 1. The van der Waals surface area contributed by atoms with E-state index in [1.54, 1.807) is 0 Å². The number of fused-ring (bicyclic) bond motifs is 1. The molecule has 0 amide bonds. The molecule has 1 aromatic rings. The smallest absolute Gasteiger partial charge is 0.124 e. The van der Waals surface area contributed by atoms with Crippen LogP contribution in [0.1, 0.15) is 5.56 Å². The monoisotopic (exact) mass is 197 g/mol. The lowest BCUT2D eigenvalue weighted by atomic mass is 10.0. The van der Waals surface area contributed by atoms with Crippen LogP contribution in [0.3, 0.4) is 0 Å². The van der Waals surface area contributed by atoms with Gasteiger partial charge in [-0.25, -0.2) is 0 Å². The minimum atomic E-state index is 0.614. The maximum Gasteiger partial charge on any atom is 0.124 e. The summed E-state index contributed by atoms with van der Waals surface area (Å²) in [5, 5.41) is 3.30. The lowest BCUT2D eigenvalue weighted by molar-refractivity contribution is 0.355. The molecule has 1 aromatic carbocycles. The molecule has 0 saturated carbocycles. The second-order valence-corrected chi connectivity index (χ2v) is 3.59. The predicted octanol–water partition coefficient (Wildman–Crippen LogP) is 1.92. The summed E-state index contributed by atoms with van der Waals surface area (Å²) in [5.74, 6) is 0.905. The highest BCUT2D eigenvalue weighted by atomic mass is 16.5. The Hall–Kier alpha value is -1.70. The largest absolute Gasteiger partial charge is 0.489 e. The van der Waals surface area contributed by atoms with Gasteiger partial charge in [-0.1, -0.05) is 30.4 Å². The van der Waals surface area contributed by atoms with Crippen LogP contribution in [0, 0.1) is 6.42 Å². The third-order valence-electron chi connectivity index (χ3n) is 2.57. The molecule has 0 unspecified atom stereocenters. The van der Waals surface area contributed by atoms with Gasteiger partial charge < -0.3 is 10.1 Å². The van der Waals surface area contributed by atoms with Crippen molar-refractivity contribution < 1.29 is 4.74 Å². The van der Waals surface area contributed by atoms with Crippen LogP contribution in [0.4, 0.5) is 0 Å². The maximum atomic E-state index is 5.71. The number of rotatable bonds is 0. The molecule has 0 spiro atoms. The van der Waals surface area contributed by atoms with Crippen LogP contribution in [0.5, 0.6) is 5.75 Å². The minimum Gasteiger partial charge on any atom is -0.489 e. The fourth-order valence-corrected chi connectivity index (χ4v) is 1.79. The zero-order valence-corrected chi connectivity index (χ0v) is 8.29. The van der Waals surface area contributed by atoms with Gasteiger partial charge in [-0.05, 0) is 6.07 Å². The van der Waals surface area contributed by atoms with Gasteiger partial charge in [0.1, 0.15) is 12.4 Å². The normalized spacial score (nSPS) is 18.4. The number of para-hydroxylation sites is 1. The van der Waals surface area contributed by atoms with Gasteiger partial charge in [0.2, 0.25) is 0 Å². The fraction of sp³-hybridized carbons (Fsp3) is 0.154. The summed E-state index contributed by atoms with van der Waals surface area (Å²) in [6.07, 6.45) is 7.55. The summed E-state index contributed by atoms with van der Waals surface area (Å²) in [6.45, 7) is 1.48. The highest BCUT2D eigenvalue weighted by Crippen LogP contribution is 2.28. The Balaban J connectivity index is 2.01. The number of ether oxygens (including phenoxy) is 1. The van der Waals surface area contributed by atoms with Crippen LogP contribution >= 0.6 is 0 Å². The molecule has 0 bridgehead atoms. The zero-order chi connectivity index (χ0) is 10.1. The number of benzene rings is 1. The Morgan fingerprint density at radius 1 is 1.27 bits per heavy atom. The molecular formula is C13H11NO. The van der Waals surface area contributed by atoms with Gasteiger partial charge in [-0.15, -0.1) is 0 Å². The molecule has 0 atom stereocenters. The van der Waals surface area contributed by atoms with Crippen LogP contribution in [0.15, 0.2) is 47.7 Å². The average Bonchev–Trinajstić information content (AvgIpc) is 2.48. The summed E-state index contributed by atoms with van der Waals surface area (Å²) in [7, 11) is 0. The lowest BCUT2D eigenvalue weighted by Crippen LogP contribution is -2.19. The molecule has 15 heavy (non-hydrogen) atoms. The van der Waals surface area contributed by atoms with E-state index in [0.29, 0.717) is 6.61 Å². The van der Waals surface area contributed by atoms with E-state index in [1.807, 2.05) is 24.3 Å². The molecule has 0 aromatic heterocycles. The van der Waals surface area contributed by atoms with Crippen molar-refractivity contribution in [3.8, 4) is 5.75 Å². The van der Waals surface area contributed by atoms with Crippen LogP contribution in [-0.4, -0.2) is 13.2 Å². The van der Waals surface area contributed by atoms with Crippen molar-refractivity contribution in [3.63, 3.8) is 0 Å². The number of allylic oxidation sites excluding steroid dienone is 1. The molecule has 2 radical (unpaired) electrons. The second kappa shape index (κ2) is 3.46. The molecule has 2 heterocycles. The quantitative estimate of drug-likeness (QED) is 0.686. The minimum absolute atomic E-state index is 0.614. The number of hydrogen-bond acceptors (Lipinski definition) is 2. The van der Waals surface area contributed by atoms with Gasteiger partial charge in [0, 0.05) is 23.4 Å². The molecule has 74 valence electrons. The molecule has 0 aliphatic carbocycles. The maximum absolute atomic E-state index is 5.71. The third-order valence-corrected chi connectivity index (χ3v) is 2.57. The summed E-state index contributed by atoms with van der Waals surface area (Å²) >= 11 is 0. The van der Waals surface area contributed by atoms with Crippen LogP contribution < -0.4 is 10.1 Å². The van der Waals surface area contributed by atoms with Crippen molar-refractivity contribution in [2.75, 3.05) is 13.2 Å². The number of hydrogen-bond donors (Lipinski definition) is 1. The highest BCUT2D eigenvalue weighted by Gasteiger charge is 2.16. The molecular weight excluding hydrogens is 186 g/mol. The molecule has 1 N–H and O–H groups in total. The van der Waals surface area contributed by atoms with Gasteiger partial charge in [0.05, 0.1) is 6.42 Å². The topological polar surface area (TPSA) is 21.3 Å². The zero-order valence-electron chi connectivity index (χ0n) is 8.29. The van der Waals surface area contributed by atoms with Crippen LogP contribution in [-0.2, 0) is 0 Å². The highest BCUT2D eigenvalue weighted by molar-refractivity contribution is 5.49. The standard InChI is InChI=1S/C13H11NO/c1-2-6-13-10(4-1)8-12-11(9-15-13)5-3-7-14-12/h1-6,14H,7,9H2. The van der Waals surface area contributed by atoms with E-state index in [0.717, 1.165) is 29.1 Å². The Kier molecular flexibility index (Phi) is 1.98. The Labute approximate surface area is 89.3 Å². The Morgan fingerprint density at radius 3 is 3.20 bits per heavy atom. The first-order valence-corrected chi connectivity index (χ1v) is 5.06. The summed E-state index contributed by atoms with van der Waals surface area (Å²) in [6, 6.07) is 7.98. The Morgan fingerprint density at radius 2 is 2.20 bits per heavy atom. The van der Waals surface area contributed by atoms with Crippen LogP contribution in [0.2, 0.25) is 0 Å². The van der Waals surface area contributed by atoms with Crippen molar-refractivity contribution in [1.29, 1.82) is 0 Å². The van der Waals surface area contributed by atoms with Crippen molar-refractivity contribution in [2.24, 2.45) is 0 Å². The first-order chi connectivity index (χ1) is 7.43. The molecule has 3 rings (SSSR count). The number of dihydropyridines is 1. The van der Waals surface area contributed by atoms with Crippen LogP contribution in [0.25, 0.3) is 0 Å². The van der Waals surface area contributed by atoms with Crippen molar-refractivity contribution >= 4 is 0 Å². The molecule has 2 aliphatic heterocycles. The van der Waals surface area contributed by atoms with Gasteiger partial charge in [0.25, 0.3) is 0 Å². The molecule has 2 aliphatic rings. The first-order valence-electron chi connectivity index (χ1n) is 5.06. The van der Waals surface area contributed by atoms with Crippen molar-refractivity contribution in [3.05, 3.63) is 59.7 Å². The summed E-state index contributed by atoms with van der Waals surface area (Å²) < 4.78 is 5.71. The molecule has 2 heteroatoms. The lowest BCUT2D eigenvalue weighted by Gasteiger charge is -2.14. The van der Waals surface area contributed by atoms with Gasteiger partial charge in [0.15, 0.2) is 0 Å². The van der Waals surface area contributed by atoms with Gasteiger partial charge in [-0.2, -0.15) is 0 Å². The van der Waals surface area contributed by atoms with E-state index < -0.39 is 0 Å². The average molecular weight is 197 g/mol. The fourth-order valence-electron chi connectivity index (χ4n) is 1.79. The van der Waals surface area contributed by atoms with Gasteiger partial charge >= 0.3 is 0 Å². The first kappa shape index (κ1) is 8.60. The van der Waals surface area contributed by atoms with E-state index in [2.05, 4.69) is 23.9 Å². The summed E-state index contributed by atoms with van der Waals surface area (Å²) in [4.78, 5) is 0.